The molecular weight excluding hydrogens is 310 g/mol. The number of sulfonamides is 1. The van der Waals surface area contributed by atoms with Crippen molar-refractivity contribution >= 4 is 20.8 Å². The van der Waals surface area contributed by atoms with Crippen molar-refractivity contribution < 1.29 is 8.42 Å². The number of hydrogen-bond acceptors (Lipinski definition) is 3. The van der Waals surface area contributed by atoms with Crippen LogP contribution in [0.4, 0.5) is 0 Å². The van der Waals surface area contributed by atoms with Gasteiger partial charge < -0.3 is 0 Å². The van der Waals surface area contributed by atoms with Crippen LogP contribution in [0, 0.1) is 6.92 Å². The summed E-state index contributed by atoms with van der Waals surface area (Å²) in [5.74, 6) is 0. The minimum atomic E-state index is -3.48. The lowest BCUT2D eigenvalue weighted by atomic mass is 10.1. The Kier molecular flexibility index (Phi) is 4.45. The first-order valence-corrected chi connectivity index (χ1v) is 9.01. The standard InChI is InChI=1S/C17H19N3O2S/c1-14-9-12-20(19-14)11-4-10-18-23(21,22)17-8-7-15-5-2-3-6-16(15)13-17/h2-3,5-9,12-13,18H,4,10-11H2,1H3. The SMILES string of the molecule is Cc1ccn(CCCNS(=O)(=O)c2ccc3ccccc3c2)n1. The zero-order valence-electron chi connectivity index (χ0n) is 12.9. The van der Waals surface area contributed by atoms with Crippen LogP contribution in [0.25, 0.3) is 10.8 Å². The maximum Gasteiger partial charge on any atom is 0.240 e. The van der Waals surface area contributed by atoms with Gasteiger partial charge in [-0.25, -0.2) is 13.1 Å². The van der Waals surface area contributed by atoms with Crippen molar-refractivity contribution in [3.8, 4) is 0 Å². The van der Waals surface area contributed by atoms with Crippen molar-refractivity contribution in [1.29, 1.82) is 0 Å². The Morgan fingerprint density at radius 1 is 1.09 bits per heavy atom. The molecule has 3 rings (SSSR count). The van der Waals surface area contributed by atoms with E-state index in [1.54, 1.807) is 12.1 Å². The monoisotopic (exact) mass is 329 g/mol. The third kappa shape index (κ3) is 3.78. The zero-order chi connectivity index (χ0) is 16.3. The van der Waals surface area contributed by atoms with Crippen molar-refractivity contribution in [1.82, 2.24) is 14.5 Å². The first-order chi connectivity index (χ1) is 11.0. The van der Waals surface area contributed by atoms with E-state index in [1.807, 2.05) is 54.2 Å². The third-order valence-corrected chi connectivity index (χ3v) is 5.12. The van der Waals surface area contributed by atoms with Crippen LogP contribution in [-0.4, -0.2) is 24.7 Å². The van der Waals surface area contributed by atoms with Crippen molar-refractivity contribution in [3.63, 3.8) is 0 Å². The fourth-order valence-corrected chi connectivity index (χ4v) is 3.56. The van der Waals surface area contributed by atoms with E-state index in [0.29, 0.717) is 24.4 Å². The summed E-state index contributed by atoms with van der Waals surface area (Å²) < 4.78 is 29.2. The van der Waals surface area contributed by atoms with Crippen molar-refractivity contribution in [3.05, 3.63) is 60.4 Å². The topological polar surface area (TPSA) is 64.0 Å². The maximum absolute atomic E-state index is 12.4. The van der Waals surface area contributed by atoms with Crippen LogP contribution in [0.2, 0.25) is 0 Å². The second kappa shape index (κ2) is 6.52. The molecule has 2 aromatic carbocycles. The van der Waals surface area contributed by atoms with E-state index in [2.05, 4.69) is 9.82 Å². The molecule has 23 heavy (non-hydrogen) atoms. The van der Waals surface area contributed by atoms with E-state index in [-0.39, 0.29) is 0 Å². The summed E-state index contributed by atoms with van der Waals surface area (Å²) in [5.41, 5.74) is 0.960. The third-order valence-electron chi connectivity index (χ3n) is 3.66. The average Bonchev–Trinajstić information content (AvgIpc) is 2.96. The first-order valence-electron chi connectivity index (χ1n) is 7.53. The number of hydrogen-bond donors (Lipinski definition) is 1. The molecule has 0 radical (unpaired) electrons. The maximum atomic E-state index is 12.4. The highest BCUT2D eigenvalue weighted by Gasteiger charge is 2.13. The number of fused-ring (bicyclic) bond motifs is 1. The molecule has 0 aliphatic rings. The van der Waals surface area contributed by atoms with Gasteiger partial charge in [0.1, 0.15) is 0 Å². The molecule has 0 unspecified atom stereocenters. The normalized spacial score (nSPS) is 11.9. The summed E-state index contributed by atoms with van der Waals surface area (Å²) in [5, 5.41) is 6.22. The van der Waals surface area contributed by atoms with Gasteiger partial charge in [-0.3, -0.25) is 4.68 Å². The van der Waals surface area contributed by atoms with Crippen LogP contribution in [0.3, 0.4) is 0 Å². The molecule has 0 bridgehead atoms. The van der Waals surface area contributed by atoms with Gasteiger partial charge in [0.05, 0.1) is 10.6 Å². The number of aromatic nitrogens is 2. The molecule has 1 aromatic heterocycles. The van der Waals surface area contributed by atoms with Crippen molar-refractivity contribution in [2.75, 3.05) is 6.54 Å². The van der Waals surface area contributed by atoms with Gasteiger partial charge in [0, 0.05) is 19.3 Å². The Bertz CT molecular complexity index is 916. The minimum Gasteiger partial charge on any atom is -0.272 e. The van der Waals surface area contributed by atoms with Crippen LogP contribution in [0.15, 0.2) is 59.6 Å². The Balaban J connectivity index is 1.63. The molecule has 1 heterocycles. The molecule has 0 aliphatic heterocycles. The van der Waals surface area contributed by atoms with E-state index < -0.39 is 10.0 Å². The second-order valence-electron chi connectivity index (χ2n) is 5.48. The van der Waals surface area contributed by atoms with Crippen LogP contribution in [-0.2, 0) is 16.6 Å². The fraction of sp³-hybridized carbons (Fsp3) is 0.235. The van der Waals surface area contributed by atoms with Gasteiger partial charge in [0.15, 0.2) is 0 Å². The molecule has 0 saturated heterocycles. The highest BCUT2D eigenvalue weighted by atomic mass is 32.2. The van der Waals surface area contributed by atoms with Gasteiger partial charge in [0.2, 0.25) is 10.0 Å². The molecule has 1 N–H and O–H groups in total. The predicted molar refractivity (Wildman–Crippen MR) is 90.7 cm³/mol. The van der Waals surface area contributed by atoms with E-state index >= 15 is 0 Å². The van der Waals surface area contributed by atoms with Gasteiger partial charge in [-0.15, -0.1) is 0 Å². The van der Waals surface area contributed by atoms with E-state index in [0.717, 1.165) is 16.5 Å². The molecule has 3 aromatic rings. The summed E-state index contributed by atoms with van der Waals surface area (Å²) >= 11 is 0. The van der Waals surface area contributed by atoms with Gasteiger partial charge in [-0.05, 0) is 42.3 Å². The number of nitrogens with one attached hydrogen (secondary N) is 1. The van der Waals surface area contributed by atoms with E-state index in [1.165, 1.54) is 0 Å². The summed E-state index contributed by atoms with van der Waals surface area (Å²) in [6, 6.07) is 14.8. The molecule has 6 heteroatoms. The fourth-order valence-electron chi connectivity index (χ4n) is 2.45. The van der Waals surface area contributed by atoms with Crippen molar-refractivity contribution in [2.24, 2.45) is 0 Å². The lowest BCUT2D eigenvalue weighted by Crippen LogP contribution is -2.25. The van der Waals surface area contributed by atoms with Crippen LogP contribution in [0.1, 0.15) is 12.1 Å². The molecule has 0 amide bonds. The van der Waals surface area contributed by atoms with Crippen LogP contribution < -0.4 is 4.72 Å². The van der Waals surface area contributed by atoms with Gasteiger partial charge in [0.25, 0.3) is 0 Å². The van der Waals surface area contributed by atoms with Crippen LogP contribution >= 0.6 is 0 Å². The first kappa shape index (κ1) is 15.7. The molecule has 0 fully saturated rings. The average molecular weight is 329 g/mol. The number of aryl methyl sites for hydroxylation is 2. The Labute approximate surface area is 136 Å². The lowest BCUT2D eigenvalue weighted by Gasteiger charge is -2.08. The van der Waals surface area contributed by atoms with Crippen LogP contribution in [0.5, 0.6) is 0 Å². The highest BCUT2D eigenvalue weighted by Crippen LogP contribution is 2.18. The largest absolute Gasteiger partial charge is 0.272 e. The zero-order valence-corrected chi connectivity index (χ0v) is 13.8. The van der Waals surface area contributed by atoms with Gasteiger partial charge in [-0.1, -0.05) is 30.3 Å². The van der Waals surface area contributed by atoms with Crippen molar-refractivity contribution in [2.45, 2.75) is 24.8 Å². The molecule has 120 valence electrons. The smallest absolute Gasteiger partial charge is 0.240 e. The molecule has 0 aliphatic carbocycles. The Morgan fingerprint density at radius 2 is 1.87 bits per heavy atom. The quantitative estimate of drug-likeness (QED) is 0.707. The molecular formula is C17H19N3O2S. The summed E-state index contributed by atoms with van der Waals surface area (Å²) in [6.45, 7) is 3.00. The highest BCUT2D eigenvalue weighted by molar-refractivity contribution is 7.89. The number of nitrogens with zero attached hydrogens (tertiary/aromatic N) is 2. The Morgan fingerprint density at radius 3 is 2.61 bits per heavy atom. The summed E-state index contributed by atoms with van der Waals surface area (Å²) in [4.78, 5) is 0.297. The second-order valence-corrected chi connectivity index (χ2v) is 7.25. The number of rotatable bonds is 6. The lowest BCUT2D eigenvalue weighted by molar-refractivity contribution is 0.551. The summed E-state index contributed by atoms with van der Waals surface area (Å²) in [7, 11) is -3.48. The molecule has 0 saturated carbocycles. The van der Waals surface area contributed by atoms with E-state index in [4.69, 9.17) is 0 Å². The molecule has 5 nitrogen and oxygen atoms in total. The molecule has 0 atom stereocenters. The molecule has 0 spiro atoms. The van der Waals surface area contributed by atoms with Gasteiger partial charge in [-0.2, -0.15) is 5.10 Å². The van der Waals surface area contributed by atoms with Gasteiger partial charge >= 0.3 is 0 Å². The minimum absolute atomic E-state index is 0.297. The Hall–Kier alpha value is -2.18. The summed E-state index contributed by atoms with van der Waals surface area (Å²) in [6.07, 6.45) is 2.58. The number of benzene rings is 2. The van der Waals surface area contributed by atoms with E-state index in [9.17, 15) is 8.42 Å². The predicted octanol–water partition coefficient (Wildman–Crippen LogP) is 2.71.